The van der Waals surface area contributed by atoms with Crippen LogP contribution in [0.3, 0.4) is 0 Å². The molecule has 1 amide bonds. The number of benzene rings is 2. The highest BCUT2D eigenvalue weighted by molar-refractivity contribution is 6.30. The number of ether oxygens (including phenoxy) is 1. The van der Waals surface area contributed by atoms with Crippen molar-refractivity contribution < 1.29 is 9.53 Å². The summed E-state index contributed by atoms with van der Waals surface area (Å²) in [5, 5.41) is 6.53. The van der Waals surface area contributed by atoms with Crippen molar-refractivity contribution in [3.63, 3.8) is 0 Å². The van der Waals surface area contributed by atoms with Crippen LogP contribution < -0.4 is 15.4 Å². The van der Waals surface area contributed by atoms with Crippen LogP contribution in [0.15, 0.2) is 42.5 Å². The van der Waals surface area contributed by atoms with Gasteiger partial charge in [0.25, 0.3) is 5.91 Å². The van der Waals surface area contributed by atoms with E-state index in [0.29, 0.717) is 17.1 Å². The maximum atomic E-state index is 11.6. The summed E-state index contributed by atoms with van der Waals surface area (Å²) >= 11 is 6.00. The number of halogens is 1. The van der Waals surface area contributed by atoms with E-state index in [-0.39, 0.29) is 5.91 Å². The summed E-state index contributed by atoms with van der Waals surface area (Å²) in [5.74, 6) is 0.661. The highest BCUT2D eigenvalue weighted by Crippen LogP contribution is 2.23. The van der Waals surface area contributed by atoms with E-state index < -0.39 is 0 Å². The van der Waals surface area contributed by atoms with Crippen molar-refractivity contribution in [2.45, 2.75) is 6.54 Å². The molecule has 0 aliphatic heterocycles. The smallest absolute Gasteiger partial charge is 0.251 e. The zero-order valence-corrected chi connectivity index (χ0v) is 12.7. The van der Waals surface area contributed by atoms with Gasteiger partial charge in [-0.05, 0) is 36.4 Å². The van der Waals surface area contributed by atoms with E-state index in [0.717, 1.165) is 17.0 Å². The van der Waals surface area contributed by atoms with Gasteiger partial charge in [-0.15, -0.1) is 0 Å². The second-order valence-electron chi connectivity index (χ2n) is 4.47. The van der Waals surface area contributed by atoms with Crippen LogP contribution in [0.1, 0.15) is 15.9 Å². The lowest BCUT2D eigenvalue weighted by Gasteiger charge is -2.11. The highest BCUT2D eigenvalue weighted by Gasteiger charge is 2.06. The molecule has 0 aliphatic rings. The van der Waals surface area contributed by atoms with Gasteiger partial charge in [-0.25, -0.2) is 0 Å². The Morgan fingerprint density at radius 3 is 2.76 bits per heavy atom. The number of anilines is 1. The van der Waals surface area contributed by atoms with Crippen LogP contribution in [0.2, 0.25) is 5.02 Å². The number of nitrogens with one attached hydrogen (secondary N) is 2. The molecule has 0 atom stereocenters. The standard InChI is InChI=1S/C16H17ClN2O2/c1-18-16(20)11-4-3-5-14(9-11)19-10-12-8-13(17)6-7-15(12)21-2/h3-9,19H,10H2,1-2H3,(H,18,20). The minimum Gasteiger partial charge on any atom is -0.496 e. The molecule has 2 aromatic carbocycles. The van der Waals surface area contributed by atoms with Crippen LogP contribution in [0.4, 0.5) is 5.69 Å². The topological polar surface area (TPSA) is 50.4 Å². The Balaban J connectivity index is 2.13. The molecule has 0 heterocycles. The molecule has 21 heavy (non-hydrogen) atoms. The molecular weight excluding hydrogens is 288 g/mol. The average Bonchev–Trinajstić information content (AvgIpc) is 2.52. The molecule has 0 bridgehead atoms. The van der Waals surface area contributed by atoms with Crippen molar-refractivity contribution in [1.29, 1.82) is 0 Å². The van der Waals surface area contributed by atoms with Crippen molar-refractivity contribution >= 4 is 23.2 Å². The maximum absolute atomic E-state index is 11.6. The number of rotatable bonds is 5. The lowest BCUT2D eigenvalue weighted by atomic mass is 10.1. The third-order valence-corrected chi connectivity index (χ3v) is 3.31. The predicted molar refractivity (Wildman–Crippen MR) is 85.2 cm³/mol. The van der Waals surface area contributed by atoms with Gasteiger partial charge in [0, 0.05) is 35.4 Å². The summed E-state index contributed by atoms with van der Waals surface area (Å²) in [4.78, 5) is 11.6. The first-order valence-corrected chi connectivity index (χ1v) is 6.90. The quantitative estimate of drug-likeness (QED) is 0.891. The summed E-state index contributed by atoms with van der Waals surface area (Å²) in [6.07, 6.45) is 0. The lowest BCUT2D eigenvalue weighted by Crippen LogP contribution is -2.17. The first-order chi connectivity index (χ1) is 10.1. The molecule has 2 N–H and O–H groups in total. The molecule has 0 saturated heterocycles. The van der Waals surface area contributed by atoms with Gasteiger partial charge in [-0.1, -0.05) is 17.7 Å². The number of hydrogen-bond donors (Lipinski definition) is 2. The molecule has 4 nitrogen and oxygen atoms in total. The first-order valence-electron chi connectivity index (χ1n) is 6.52. The normalized spacial score (nSPS) is 10.0. The van der Waals surface area contributed by atoms with E-state index in [1.54, 1.807) is 32.4 Å². The Kier molecular flexibility index (Phi) is 5.06. The van der Waals surface area contributed by atoms with Gasteiger partial charge in [0.1, 0.15) is 5.75 Å². The van der Waals surface area contributed by atoms with E-state index in [2.05, 4.69) is 10.6 Å². The van der Waals surface area contributed by atoms with Crippen molar-refractivity contribution in [3.05, 3.63) is 58.6 Å². The van der Waals surface area contributed by atoms with Crippen LogP contribution in [0, 0.1) is 0 Å². The fraction of sp³-hybridized carbons (Fsp3) is 0.188. The summed E-state index contributed by atoms with van der Waals surface area (Å²) < 4.78 is 5.31. The Bertz CT molecular complexity index is 644. The zero-order valence-electron chi connectivity index (χ0n) is 11.9. The molecule has 0 spiro atoms. The summed E-state index contributed by atoms with van der Waals surface area (Å²) in [6, 6.07) is 12.8. The van der Waals surface area contributed by atoms with Gasteiger partial charge in [0.05, 0.1) is 7.11 Å². The monoisotopic (exact) mass is 304 g/mol. The molecule has 2 aromatic rings. The van der Waals surface area contributed by atoms with Crippen molar-refractivity contribution in [2.75, 3.05) is 19.5 Å². The number of amides is 1. The molecule has 2 rings (SSSR count). The van der Waals surface area contributed by atoms with Gasteiger partial charge in [0.2, 0.25) is 0 Å². The second kappa shape index (κ2) is 6.99. The van der Waals surface area contributed by atoms with E-state index >= 15 is 0 Å². The van der Waals surface area contributed by atoms with Gasteiger partial charge in [0.15, 0.2) is 0 Å². The summed E-state index contributed by atoms with van der Waals surface area (Å²) in [7, 11) is 3.23. The van der Waals surface area contributed by atoms with E-state index in [1.807, 2.05) is 24.3 Å². The summed E-state index contributed by atoms with van der Waals surface area (Å²) in [5.41, 5.74) is 2.43. The van der Waals surface area contributed by atoms with Crippen molar-refractivity contribution in [3.8, 4) is 5.75 Å². The van der Waals surface area contributed by atoms with Gasteiger partial charge in [-0.3, -0.25) is 4.79 Å². The first kappa shape index (κ1) is 15.2. The molecule has 0 aromatic heterocycles. The Morgan fingerprint density at radius 1 is 1.24 bits per heavy atom. The zero-order chi connectivity index (χ0) is 15.2. The van der Waals surface area contributed by atoms with Crippen LogP contribution in [-0.4, -0.2) is 20.1 Å². The molecule has 0 aliphatic carbocycles. The third-order valence-electron chi connectivity index (χ3n) is 3.08. The SMILES string of the molecule is CNC(=O)c1cccc(NCc2cc(Cl)ccc2OC)c1. The lowest BCUT2D eigenvalue weighted by molar-refractivity contribution is 0.0963. The second-order valence-corrected chi connectivity index (χ2v) is 4.91. The Morgan fingerprint density at radius 2 is 2.05 bits per heavy atom. The largest absolute Gasteiger partial charge is 0.496 e. The number of carbonyl (C=O) groups is 1. The number of hydrogen-bond acceptors (Lipinski definition) is 3. The van der Waals surface area contributed by atoms with Crippen LogP contribution >= 0.6 is 11.6 Å². The number of methoxy groups -OCH3 is 1. The van der Waals surface area contributed by atoms with E-state index in [9.17, 15) is 4.79 Å². The van der Waals surface area contributed by atoms with Crippen LogP contribution in [0.25, 0.3) is 0 Å². The molecule has 0 radical (unpaired) electrons. The minimum atomic E-state index is -0.112. The van der Waals surface area contributed by atoms with Gasteiger partial charge < -0.3 is 15.4 Å². The Labute approximate surface area is 129 Å². The van der Waals surface area contributed by atoms with Crippen molar-refractivity contribution in [1.82, 2.24) is 5.32 Å². The van der Waals surface area contributed by atoms with Crippen LogP contribution in [0.5, 0.6) is 5.75 Å². The predicted octanol–water partition coefficient (Wildman–Crippen LogP) is 3.32. The van der Waals surface area contributed by atoms with Gasteiger partial charge in [-0.2, -0.15) is 0 Å². The summed E-state index contributed by atoms with van der Waals surface area (Å²) in [6.45, 7) is 0.556. The molecular formula is C16H17ClN2O2. The highest BCUT2D eigenvalue weighted by atomic mass is 35.5. The minimum absolute atomic E-state index is 0.112. The molecule has 0 unspecified atom stereocenters. The van der Waals surface area contributed by atoms with Crippen LogP contribution in [-0.2, 0) is 6.54 Å². The number of carbonyl (C=O) groups excluding carboxylic acids is 1. The third kappa shape index (κ3) is 3.89. The maximum Gasteiger partial charge on any atom is 0.251 e. The molecule has 0 fully saturated rings. The van der Waals surface area contributed by atoms with E-state index in [4.69, 9.17) is 16.3 Å². The molecule has 5 heteroatoms. The van der Waals surface area contributed by atoms with Crippen molar-refractivity contribution in [2.24, 2.45) is 0 Å². The molecule has 110 valence electrons. The van der Waals surface area contributed by atoms with E-state index in [1.165, 1.54) is 0 Å². The fourth-order valence-electron chi connectivity index (χ4n) is 2.00. The fourth-order valence-corrected chi connectivity index (χ4v) is 2.19. The molecule has 0 saturated carbocycles. The Hall–Kier alpha value is -2.20. The van der Waals surface area contributed by atoms with Gasteiger partial charge >= 0.3 is 0 Å². The average molecular weight is 305 g/mol.